The van der Waals surface area contributed by atoms with Crippen LogP contribution >= 0.6 is 0 Å². The van der Waals surface area contributed by atoms with E-state index in [1.165, 1.54) is 13.8 Å². The molecule has 0 spiro atoms. The predicted octanol–water partition coefficient (Wildman–Crippen LogP) is 1.55. The first kappa shape index (κ1) is 12.9. The third-order valence-electron chi connectivity index (χ3n) is 1.99. The van der Waals surface area contributed by atoms with Crippen LogP contribution in [0.5, 0.6) is 0 Å². The largest absolute Gasteiger partial charge is 0.480 e. The van der Waals surface area contributed by atoms with E-state index in [2.05, 4.69) is 12.2 Å². The Morgan fingerprint density at radius 1 is 1.29 bits per heavy atom. The number of carbonyl (C=O) groups excluding carboxylic acids is 1. The molecule has 0 rings (SSSR count). The van der Waals surface area contributed by atoms with E-state index in [1.807, 2.05) is 0 Å². The van der Waals surface area contributed by atoms with Gasteiger partial charge in [0.15, 0.2) is 0 Å². The topological polar surface area (TPSA) is 66.4 Å². The van der Waals surface area contributed by atoms with Gasteiger partial charge >= 0.3 is 5.97 Å². The van der Waals surface area contributed by atoms with Crippen LogP contribution in [0, 0.1) is 0 Å². The average molecular weight is 201 g/mol. The highest BCUT2D eigenvalue weighted by Crippen LogP contribution is 2.04. The maximum atomic E-state index is 11.3. The first-order valence-electron chi connectivity index (χ1n) is 4.94. The van der Waals surface area contributed by atoms with Crippen molar-refractivity contribution >= 4 is 11.9 Å². The fourth-order valence-corrected chi connectivity index (χ4v) is 1.00. The minimum Gasteiger partial charge on any atom is -0.480 e. The summed E-state index contributed by atoms with van der Waals surface area (Å²) in [4.78, 5) is 21.9. The maximum absolute atomic E-state index is 11.3. The molecule has 0 fully saturated rings. The lowest BCUT2D eigenvalue weighted by Crippen LogP contribution is -2.49. The highest BCUT2D eigenvalue weighted by molar-refractivity contribution is 5.86. The third-order valence-corrected chi connectivity index (χ3v) is 1.99. The van der Waals surface area contributed by atoms with Crippen molar-refractivity contribution in [2.75, 3.05) is 0 Å². The summed E-state index contributed by atoms with van der Waals surface area (Å²) < 4.78 is 0. The van der Waals surface area contributed by atoms with Gasteiger partial charge in [-0.15, -0.1) is 0 Å². The van der Waals surface area contributed by atoms with Gasteiger partial charge in [-0.3, -0.25) is 4.79 Å². The minimum atomic E-state index is -1.16. The van der Waals surface area contributed by atoms with Crippen LogP contribution in [0.15, 0.2) is 0 Å². The molecule has 0 unspecified atom stereocenters. The van der Waals surface area contributed by atoms with E-state index in [0.717, 1.165) is 19.3 Å². The lowest BCUT2D eigenvalue weighted by molar-refractivity contribution is -0.146. The molecular weight excluding hydrogens is 182 g/mol. The summed E-state index contributed by atoms with van der Waals surface area (Å²) in [6.45, 7) is 5.01. The van der Waals surface area contributed by atoms with Gasteiger partial charge in [-0.05, 0) is 20.3 Å². The summed E-state index contributed by atoms with van der Waals surface area (Å²) in [6, 6.07) is 0. The van der Waals surface area contributed by atoms with E-state index in [0.29, 0.717) is 6.42 Å². The molecular formula is C10H19NO3. The Bertz CT molecular complexity index is 211. The second kappa shape index (κ2) is 5.62. The monoisotopic (exact) mass is 201 g/mol. The fraction of sp³-hybridized carbons (Fsp3) is 0.800. The summed E-state index contributed by atoms with van der Waals surface area (Å²) >= 11 is 0. The Labute approximate surface area is 84.7 Å². The van der Waals surface area contributed by atoms with Gasteiger partial charge in [0.1, 0.15) is 5.54 Å². The van der Waals surface area contributed by atoms with Crippen LogP contribution in [-0.2, 0) is 9.59 Å². The van der Waals surface area contributed by atoms with E-state index in [1.54, 1.807) is 0 Å². The van der Waals surface area contributed by atoms with Crippen LogP contribution in [0.4, 0.5) is 0 Å². The second-order valence-electron chi connectivity index (χ2n) is 3.94. The Hall–Kier alpha value is -1.06. The van der Waals surface area contributed by atoms with Crippen molar-refractivity contribution in [1.29, 1.82) is 0 Å². The molecule has 0 saturated heterocycles. The minimum absolute atomic E-state index is 0.189. The van der Waals surface area contributed by atoms with Crippen molar-refractivity contribution in [3.8, 4) is 0 Å². The Balaban J connectivity index is 3.88. The van der Waals surface area contributed by atoms with Crippen LogP contribution in [0.25, 0.3) is 0 Å². The molecule has 0 aliphatic heterocycles. The summed E-state index contributed by atoms with van der Waals surface area (Å²) in [5.41, 5.74) is -1.16. The summed E-state index contributed by atoms with van der Waals surface area (Å²) in [6.07, 6.45) is 3.28. The van der Waals surface area contributed by atoms with Crippen molar-refractivity contribution in [3.63, 3.8) is 0 Å². The SMILES string of the molecule is CCCCCC(=O)NC(C)(C)C(=O)O. The van der Waals surface area contributed by atoms with Crippen LogP contribution < -0.4 is 5.32 Å². The molecule has 0 atom stereocenters. The predicted molar refractivity (Wildman–Crippen MR) is 54.0 cm³/mol. The van der Waals surface area contributed by atoms with E-state index in [4.69, 9.17) is 5.11 Å². The van der Waals surface area contributed by atoms with Gasteiger partial charge < -0.3 is 10.4 Å². The molecule has 0 aliphatic rings. The molecule has 2 N–H and O–H groups in total. The number of hydrogen-bond donors (Lipinski definition) is 2. The number of amides is 1. The van der Waals surface area contributed by atoms with Gasteiger partial charge in [0.05, 0.1) is 0 Å². The van der Waals surface area contributed by atoms with Crippen molar-refractivity contribution in [2.24, 2.45) is 0 Å². The number of unbranched alkanes of at least 4 members (excludes halogenated alkanes) is 2. The van der Waals surface area contributed by atoms with Crippen molar-refractivity contribution in [3.05, 3.63) is 0 Å². The van der Waals surface area contributed by atoms with Gasteiger partial charge in [0.2, 0.25) is 5.91 Å². The van der Waals surface area contributed by atoms with Crippen LogP contribution in [0.2, 0.25) is 0 Å². The smallest absolute Gasteiger partial charge is 0.328 e. The number of hydrogen-bond acceptors (Lipinski definition) is 2. The molecule has 0 aromatic rings. The molecule has 0 saturated carbocycles. The number of carbonyl (C=O) groups is 2. The molecule has 0 aromatic carbocycles. The lowest BCUT2D eigenvalue weighted by atomic mass is 10.1. The number of carboxylic acids is 1. The van der Waals surface area contributed by atoms with Gasteiger partial charge in [-0.25, -0.2) is 4.79 Å². The highest BCUT2D eigenvalue weighted by atomic mass is 16.4. The van der Waals surface area contributed by atoms with E-state index in [9.17, 15) is 9.59 Å². The zero-order valence-electron chi connectivity index (χ0n) is 9.09. The summed E-state index contributed by atoms with van der Waals surface area (Å²) in [5.74, 6) is -1.20. The number of nitrogens with one attached hydrogen (secondary N) is 1. The van der Waals surface area contributed by atoms with E-state index < -0.39 is 11.5 Å². The number of aliphatic carboxylic acids is 1. The molecule has 0 heterocycles. The van der Waals surface area contributed by atoms with Crippen molar-refractivity contribution in [1.82, 2.24) is 5.32 Å². The third kappa shape index (κ3) is 4.84. The number of carboxylic acid groups (broad SMARTS) is 1. The molecule has 4 heteroatoms. The zero-order chi connectivity index (χ0) is 11.2. The Morgan fingerprint density at radius 3 is 2.29 bits per heavy atom. The average Bonchev–Trinajstić information content (AvgIpc) is 2.03. The standard InChI is InChI=1S/C10H19NO3/c1-4-5-6-7-8(12)11-10(2,3)9(13)14/h4-7H2,1-3H3,(H,11,12)(H,13,14). The molecule has 0 radical (unpaired) electrons. The summed E-state index contributed by atoms with van der Waals surface area (Å²) in [5, 5.41) is 11.2. The zero-order valence-corrected chi connectivity index (χ0v) is 9.09. The normalized spacial score (nSPS) is 11.1. The molecule has 14 heavy (non-hydrogen) atoms. The Kier molecular flexibility index (Phi) is 5.20. The van der Waals surface area contributed by atoms with Crippen LogP contribution in [0.3, 0.4) is 0 Å². The van der Waals surface area contributed by atoms with Crippen LogP contribution in [0.1, 0.15) is 46.5 Å². The fourth-order valence-electron chi connectivity index (χ4n) is 1.00. The number of rotatable bonds is 6. The molecule has 4 nitrogen and oxygen atoms in total. The second-order valence-corrected chi connectivity index (χ2v) is 3.94. The van der Waals surface area contributed by atoms with Gasteiger partial charge in [-0.1, -0.05) is 19.8 Å². The van der Waals surface area contributed by atoms with Gasteiger partial charge in [0.25, 0.3) is 0 Å². The van der Waals surface area contributed by atoms with Gasteiger partial charge in [-0.2, -0.15) is 0 Å². The molecule has 82 valence electrons. The van der Waals surface area contributed by atoms with E-state index >= 15 is 0 Å². The molecule has 1 amide bonds. The first-order valence-corrected chi connectivity index (χ1v) is 4.94. The van der Waals surface area contributed by atoms with Gasteiger partial charge in [0, 0.05) is 6.42 Å². The first-order chi connectivity index (χ1) is 6.40. The highest BCUT2D eigenvalue weighted by Gasteiger charge is 2.28. The summed E-state index contributed by atoms with van der Waals surface area (Å²) in [7, 11) is 0. The maximum Gasteiger partial charge on any atom is 0.328 e. The quantitative estimate of drug-likeness (QED) is 0.641. The lowest BCUT2D eigenvalue weighted by Gasteiger charge is -2.20. The molecule has 0 bridgehead atoms. The van der Waals surface area contributed by atoms with Crippen LogP contribution in [-0.4, -0.2) is 22.5 Å². The Morgan fingerprint density at radius 2 is 1.86 bits per heavy atom. The molecule has 0 aliphatic carbocycles. The molecule has 0 aromatic heterocycles. The van der Waals surface area contributed by atoms with Crippen molar-refractivity contribution in [2.45, 2.75) is 52.0 Å². The van der Waals surface area contributed by atoms with Crippen molar-refractivity contribution < 1.29 is 14.7 Å². The van der Waals surface area contributed by atoms with E-state index in [-0.39, 0.29) is 5.91 Å².